The summed E-state index contributed by atoms with van der Waals surface area (Å²) < 4.78 is 37.4. The molecule has 0 saturated heterocycles. The highest BCUT2D eigenvalue weighted by Gasteiger charge is 2.17. The van der Waals surface area contributed by atoms with Gasteiger partial charge in [-0.25, -0.2) is 13.1 Å². The summed E-state index contributed by atoms with van der Waals surface area (Å²) in [6.07, 6.45) is 1.55. The molecule has 1 N–H and O–H groups in total. The zero-order chi connectivity index (χ0) is 13.0. The monoisotopic (exact) mass is 271 g/mol. The summed E-state index contributed by atoms with van der Waals surface area (Å²) in [7, 11) is -3.45. The third kappa shape index (κ3) is 2.94. The molecule has 1 aliphatic heterocycles. The largest absolute Gasteiger partial charge is 0.490 e. The van der Waals surface area contributed by atoms with Crippen molar-refractivity contribution in [1.29, 1.82) is 0 Å². The lowest BCUT2D eigenvalue weighted by molar-refractivity contribution is 0.297. The van der Waals surface area contributed by atoms with E-state index in [-0.39, 0.29) is 4.90 Å². The highest BCUT2D eigenvalue weighted by Crippen LogP contribution is 2.31. The second-order valence-electron chi connectivity index (χ2n) is 4.06. The summed E-state index contributed by atoms with van der Waals surface area (Å²) in [5, 5.41) is 0. The Labute approximate surface area is 107 Å². The van der Waals surface area contributed by atoms with Gasteiger partial charge < -0.3 is 9.47 Å². The molecule has 1 aromatic rings. The van der Waals surface area contributed by atoms with E-state index in [1.54, 1.807) is 6.07 Å². The number of hydrogen-bond acceptors (Lipinski definition) is 4. The van der Waals surface area contributed by atoms with Crippen molar-refractivity contribution >= 4 is 10.0 Å². The van der Waals surface area contributed by atoms with Crippen molar-refractivity contribution in [3.8, 4) is 11.5 Å². The van der Waals surface area contributed by atoms with Gasteiger partial charge in [-0.2, -0.15) is 0 Å². The Balaban J connectivity index is 2.27. The minimum absolute atomic E-state index is 0.209. The number of sulfonamides is 1. The smallest absolute Gasteiger partial charge is 0.240 e. The molecule has 0 bridgehead atoms. The van der Waals surface area contributed by atoms with E-state index >= 15 is 0 Å². The molecule has 0 radical (unpaired) electrons. The maximum atomic E-state index is 12.0. The van der Waals surface area contributed by atoms with Crippen LogP contribution in [0.2, 0.25) is 0 Å². The van der Waals surface area contributed by atoms with E-state index in [0.717, 1.165) is 12.8 Å². The Morgan fingerprint density at radius 3 is 2.67 bits per heavy atom. The van der Waals surface area contributed by atoms with Gasteiger partial charge in [0.2, 0.25) is 10.0 Å². The Bertz CT molecular complexity index is 513. The van der Waals surface area contributed by atoms with Gasteiger partial charge in [0.25, 0.3) is 0 Å². The third-order valence-corrected chi connectivity index (χ3v) is 4.03. The minimum atomic E-state index is -3.45. The van der Waals surface area contributed by atoms with E-state index in [9.17, 15) is 8.42 Å². The van der Waals surface area contributed by atoms with Crippen LogP contribution in [0, 0.1) is 0 Å². The molecule has 0 saturated carbocycles. The predicted octanol–water partition coefficient (Wildman–Crippen LogP) is 1.54. The van der Waals surface area contributed by atoms with Crippen molar-refractivity contribution in [2.45, 2.75) is 24.7 Å². The normalized spacial score (nSPS) is 15.2. The van der Waals surface area contributed by atoms with Crippen molar-refractivity contribution in [3.05, 3.63) is 18.2 Å². The summed E-state index contributed by atoms with van der Waals surface area (Å²) >= 11 is 0. The van der Waals surface area contributed by atoms with Crippen LogP contribution in [0.5, 0.6) is 11.5 Å². The molecular formula is C12H17NO4S. The fourth-order valence-corrected chi connectivity index (χ4v) is 2.78. The first-order valence-electron chi connectivity index (χ1n) is 6.03. The molecule has 18 heavy (non-hydrogen) atoms. The average Bonchev–Trinajstić information content (AvgIpc) is 2.60. The molecule has 100 valence electrons. The number of ether oxygens (including phenoxy) is 2. The van der Waals surface area contributed by atoms with Gasteiger partial charge >= 0.3 is 0 Å². The maximum absolute atomic E-state index is 12.0. The van der Waals surface area contributed by atoms with Crippen molar-refractivity contribution in [2.24, 2.45) is 0 Å². The summed E-state index contributed by atoms with van der Waals surface area (Å²) in [6, 6.07) is 4.69. The highest BCUT2D eigenvalue weighted by atomic mass is 32.2. The van der Waals surface area contributed by atoms with Gasteiger partial charge in [-0.05, 0) is 18.6 Å². The summed E-state index contributed by atoms with van der Waals surface area (Å²) in [5.74, 6) is 1.09. The third-order valence-electron chi connectivity index (χ3n) is 2.57. The Kier molecular flexibility index (Phi) is 4.08. The topological polar surface area (TPSA) is 64.6 Å². The lowest BCUT2D eigenvalue weighted by atomic mass is 10.3. The molecule has 6 heteroatoms. The lowest BCUT2D eigenvalue weighted by Gasteiger charge is -2.10. The van der Waals surface area contributed by atoms with E-state index in [2.05, 4.69) is 4.72 Å². The van der Waals surface area contributed by atoms with Crippen LogP contribution in [-0.4, -0.2) is 28.2 Å². The number of benzene rings is 1. The van der Waals surface area contributed by atoms with Crippen molar-refractivity contribution in [1.82, 2.24) is 4.72 Å². The van der Waals surface area contributed by atoms with Crippen LogP contribution in [0.15, 0.2) is 23.1 Å². The number of fused-ring (bicyclic) bond motifs is 1. The molecule has 0 spiro atoms. The summed E-state index contributed by atoms with van der Waals surface area (Å²) in [4.78, 5) is 0.209. The van der Waals surface area contributed by atoms with Crippen LogP contribution >= 0.6 is 0 Å². The van der Waals surface area contributed by atoms with E-state index in [4.69, 9.17) is 9.47 Å². The van der Waals surface area contributed by atoms with Crippen molar-refractivity contribution < 1.29 is 17.9 Å². The SMILES string of the molecule is CCCNS(=O)(=O)c1ccc2c(c1)OCCCO2. The molecule has 0 aliphatic carbocycles. The van der Waals surface area contributed by atoms with Gasteiger partial charge in [-0.1, -0.05) is 6.92 Å². The van der Waals surface area contributed by atoms with Gasteiger partial charge in [0.05, 0.1) is 18.1 Å². The molecule has 1 heterocycles. The average molecular weight is 271 g/mol. The van der Waals surface area contributed by atoms with Crippen LogP contribution in [0.4, 0.5) is 0 Å². The molecule has 0 amide bonds. The fraction of sp³-hybridized carbons (Fsp3) is 0.500. The molecule has 0 atom stereocenters. The van der Waals surface area contributed by atoms with Gasteiger partial charge in [-0.15, -0.1) is 0 Å². The zero-order valence-corrected chi connectivity index (χ0v) is 11.1. The first-order chi connectivity index (χ1) is 8.63. The van der Waals surface area contributed by atoms with Crippen molar-refractivity contribution in [2.75, 3.05) is 19.8 Å². The van der Waals surface area contributed by atoms with E-state index in [1.165, 1.54) is 12.1 Å². The Morgan fingerprint density at radius 1 is 1.22 bits per heavy atom. The molecule has 5 nitrogen and oxygen atoms in total. The molecule has 0 aromatic heterocycles. The second-order valence-corrected chi connectivity index (χ2v) is 5.82. The summed E-state index contributed by atoms with van der Waals surface area (Å²) in [5.41, 5.74) is 0. The molecule has 0 unspecified atom stereocenters. The number of rotatable bonds is 4. The van der Waals surface area contributed by atoms with Crippen LogP contribution in [0.25, 0.3) is 0 Å². The van der Waals surface area contributed by atoms with E-state index in [0.29, 0.717) is 31.3 Å². The lowest BCUT2D eigenvalue weighted by Crippen LogP contribution is -2.24. The van der Waals surface area contributed by atoms with Gasteiger partial charge in [0, 0.05) is 19.0 Å². The van der Waals surface area contributed by atoms with Gasteiger partial charge in [0.15, 0.2) is 11.5 Å². The van der Waals surface area contributed by atoms with Crippen LogP contribution in [-0.2, 0) is 10.0 Å². The quantitative estimate of drug-likeness (QED) is 0.902. The van der Waals surface area contributed by atoms with E-state index < -0.39 is 10.0 Å². The molecule has 1 aliphatic rings. The van der Waals surface area contributed by atoms with Gasteiger partial charge in [-0.3, -0.25) is 0 Å². The Morgan fingerprint density at radius 2 is 1.94 bits per heavy atom. The predicted molar refractivity (Wildman–Crippen MR) is 67.5 cm³/mol. The van der Waals surface area contributed by atoms with Gasteiger partial charge in [0.1, 0.15) is 0 Å². The van der Waals surface area contributed by atoms with Crippen LogP contribution < -0.4 is 14.2 Å². The molecule has 0 fully saturated rings. The number of hydrogen-bond donors (Lipinski definition) is 1. The van der Waals surface area contributed by atoms with E-state index in [1.807, 2.05) is 6.92 Å². The number of nitrogens with one attached hydrogen (secondary N) is 1. The first kappa shape index (κ1) is 13.2. The van der Waals surface area contributed by atoms with Crippen LogP contribution in [0.1, 0.15) is 19.8 Å². The fourth-order valence-electron chi connectivity index (χ4n) is 1.63. The second kappa shape index (κ2) is 5.58. The highest BCUT2D eigenvalue weighted by molar-refractivity contribution is 7.89. The van der Waals surface area contributed by atoms with Crippen molar-refractivity contribution in [3.63, 3.8) is 0 Å². The molecule has 1 aromatic carbocycles. The Hall–Kier alpha value is -1.27. The summed E-state index contributed by atoms with van der Waals surface area (Å²) in [6.45, 7) is 3.47. The first-order valence-corrected chi connectivity index (χ1v) is 7.51. The molecular weight excluding hydrogens is 254 g/mol. The van der Waals surface area contributed by atoms with Crippen LogP contribution in [0.3, 0.4) is 0 Å². The molecule has 2 rings (SSSR count). The zero-order valence-electron chi connectivity index (χ0n) is 10.3. The maximum Gasteiger partial charge on any atom is 0.240 e. The minimum Gasteiger partial charge on any atom is -0.490 e. The standard InChI is InChI=1S/C12H17NO4S/c1-2-6-13-18(14,15)10-4-5-11-12(9-10)17-8-3-7-16-11/h4-5,9,13H,2-3,6-8H2,1H3.